The molecule has 0 bridgehead atoms. The summed E-state index contributed by atoms with van der Waals surface area (Å²) in [6.45, 7) is 2.55. The Balaban J connectivity index is 1.65. The molecular formula is C18H27N5O6. The molecule has 3 rings (SSSR count). The molecule has 11 nitrogen and oxygen atoms in total. The zero-order valence-electron chi connectivity index (χ0n) is 16.3. The number of amides is 1. The number of hydrogen-bond donors (Lipinski definition) is 4. The predicted octanol–water partition coefficient (Wildman–Crippen LogP) is -1.30. The number of anilines is 1. The zero-order chi connectivity index (χ0) is 21.4. The summed E-state index contributed by atoms with van der Waals surface area (Å²) in [5.74, 6) is -1.41. The number of ether oxygens (including phenoxy) is 1. The van der Waals surface area contributed by atoms with Crippen molar-refractivity contribution in [3.05, 3.63) is 22.7 Å². The second-order valence-corrected chi connectivity index (χ2v) is 8.12. The first-order valence-corrected chi connectivity index (χ1v) is 9.50. The van der Waals surface area contributed by atoms with E-state index in [1.807, 2.05) is 0 Å². The fraction of sp³-hybridized carbons (Fsp3) is 0.667. The van der Waals surface area contributed by atoms with Crippen LogP contribution < -0.4 is 17.2 Å². The van der Waals surface area contributed by atoms with E-state index in [0.717, 1.165) is 0 Å². The molecule has 1 aromatic heterocycles. The Hall–Kier alpha value is -2.50. The molecule has 1 spiro atoms. The van der Waals surface area contributed by atoms with Crippen LogP contribution in [0.1, 0.15) is 38.6 Å². The molecule has 29 heavy (non-hydrogen) atoms. The topological polar surface area (TPSA) is 174 Å². The van der Waals surface area contributed by atoms with Gasteiger partial charge in [0.1, 0.15) is 11.9 Å². The van der Waals surface area contributed by atoms with Gasteiger partial charge in [0.25, 0.3) is 0 Å². The van der Waals surface area contributed by atoms with Gasteiger partial charge in [0.15, 0.2) is 0 Å². The van der Waals surface area contributed by atoms with E-state index in [1.165, 1.54) is 16.8 Å². The monoisotopic (exact) mass is 409 g/mol. The number of aromatic nitrogens is 2. The number of rotatable bonds is 4. The molecule has 0 radical (unpaired) electrons. The van der Waals surface area contributed by atoms with Crippen molar-refractivity contribution < 1.29 is 24.5 Å². The summed E-state index contributed by atoms with van der Waals surface area (Å²) < 4.78 is 7.43. The third-order valence-electron chi connectivity index (χ3n) is 5.87. The molecule has 1 amide bonds. The van der Waals surface area contributed by atoms with Crippen LogP contribution in [0.5, 0.6) is 0 Å². The molecule has 160 valence electrons. The third-order valence-corrected chi connectivity index (χ3v) is 5.87. The van der Waals surface area contributed by atoms with E-state index in [-0.39, 0.29) is 31.2 Å². The van der Waals surface area contributed by atoms with Crippen LogP contribution in [0, 0.1) is 0 Å². The summed E-state index contributed by atoms with van der Waals surface area (Å²) >= 11 is 0. The highest BCUT2D eigenvalue weighted by molar-refractivity contribution is 5.84. The van der Waals surface area contributed by atoms with Crippen molar-refractivity contribution in [2.24, 2.45) is 5.73 Å². The molecule has 0 saturated carbocycles. The van der Waals surface area contributed by atoms with E-state index in [1.54, 1.807) is 11.8 Å². The Morgan fingerprint density at radius 1 is 1.41 bits per heavy atom. The second-order valence-electron chi connectivity index (χ2n) is 8.12. The molecule has 0 unspecified atom stereocenters. The van der Waals surface area contributed by atoms with Crippen molar-refractivity contribution in [2.45, 2.75) is 55.9 Å². The van der Waals surface area contributed by atoms with Crippen molar-refractivity contribution in [3.8, 4) is 0 Å². The molecule has 3 heterocycles. The van der Waals surface area contributed by atoms with Gasteiger partial charge in [0.2, 0.25) is 5.91 Å². The van der Waals surface area contributed by atoms with E-state index < -0.39 is 34.9 Å². The minimum atomic E-state index is -1.22. The fourth-order valence-corrected chi connectivity index (χ4v) is 4.19. The van der Waals surface area contributed by atoms with Crippen LogP contribution in [0.25, 0.3) is 0 Å². The number of carbonyl (C=O) groups excluding carboxylic acids is 1. The number of hydrogen-bond acceptors (Lipinski definition) is 8. The molecule has 11 heteroatoms. The highest BCUT2D eigenvalue weighted by atomic mass is 16.5. The Bertz CT molecular complexity index is 845. The third kappa shape index (κ3) is 4.41. The van der Waals surface area contributed by atoms with Gasteiger partial charge >= 0.3 is 11.7 Å². The van der Waals surface area contributed by atoms with Gasteiger partial charge in [-0.15, -0.1) is 0 Å². The average Bonchev–Trinajstić information content (AvgIpc) is 2.62. The lowest BCUT2D eigenvalue weighted by Gasteiger charge is -2.51. The normalized spacial score (nSPS) is 27.6. The van der Waals surface area contributed by atoms with E-state index in [2.05, 4.69) is 4.98 Å². The number of carboxylic acids is 1. The van der Waals surface area contributed by atoms with Gasteiger partial charge in [-0.25, -0.2) is 4.79 Å². The quantitative estimate of drug-likeness (QED) is 0.471. The number of carboxylic acid groups (broad SMARTS) is 1. The molecule has 0 aromatic carbocycles. The number of aliphatic hydroxyl groups is 1. The molecule has 2 aliphatic rings. The Morgan fingerprint density at radius 2 is 2.07 bits per heavy atom. The Morgan fingerprint density at radius 3 is 2.62 bits per heavy atom. The highest BCUT2D eigenvalue weighted by Gasteiger charge is 2.50. The molecule has 6 N–H and O–H groups in total. The maximum absolute atomic E-state index is 12.3. The summed E-state index contributed by atoms with van der Waals surface area (Å²) in [7, 11) is 0. The van der Waals surface area contributed by atoms with E-state index >= 15 is 0 Å². The molecule has 2 aliphatic heterocycles. The van der Waals surface area contributed by atoms with Crippen molar-refractivity contribution in [1.82, 2.24) is 14.5 Å². The minimum Gasteiger partial charge on any atom is -0.480 e. The molecule has 3 atom stereocenters. The summed E-state index contributed by atoms with van der Waals surface area (Å²) in [6.07, 6.45) is 2.53. The summed E-state index contributed by atoms with van der Waals surface area (Å²) in [5, 5.41) is 20.0. The van der Waals surface area contributed by atoms with E-state index in [4.69, 9.17) is 21.3 Å². The predicted molar refractivity (Wildman–Crippen MR) is 102 cm³/mol. The highest BCUT2D eigenvalue weighted by Crippen LogP contribution is 2.43. The van der Waals surface area contributed by atoms with Gasteiger partial charge in [0.05, 0.1) is 30.3 Å². The van der Waals surface area contributed by atoms with Gasteiger partial charge in [-0.05, 0) is 25.8 Å². The molecule has 1 aromatic rings. The van der Waals surface area contributed by atoms with Crippen LogP contribution in [-0.2, 0) is 14.3 Å². The zero-order valence-corrected chi connectivity index (χ0v) is 16.3. The first-order valence-electron chi connectivity index (χ1n) is 9.50. The van der Waals surface area contributed by atoms with Crippen molar-refractivity contribution in [3.63, 3.8) is 0 Å². The smallest absolute Gasteiger partial charge is 0.349 e. The first-order chi connectivity index (χ1) is 13.5. The standard InChI is InChI=1S/C18H27N5O6/c1-17(28)10-18(29-9-12(17)23-5-2-13(20)21-16(23)27)3-6-22(7-4-18)14(24)8-11(19)15(25)26/h2,5,11-12,28H,3-4,6-10,19H2,1H3,(H,25,26)(H2,20,21,27)/t11-,12+,17+/m0/s1. The number of nitrogens with zero attached hydrogens (tertiary/aromatic N) is 3. The minimum absolute atomic E-state index is 0.110. The summed E-state index contributed by atoms with van der Waals surface area (Å²) in [4.78, 5) is 40.5. The molecule has 0 aliphatic carbocycles. The van der Waals surface area contributed by atoms with Crippen LogP contribution in [-0.4, -0.2) is 73.5 Å². The van der Waals surface area contributed by atoms with E-state index in [0.29, 0.717) is 25.9 Å². The van der Waals surface area contributed by atoms with Gasteiger partial charge < -0.3 is 31.3 Å². The van der Waals surface area contributed by atoms with Crippen LogP contribution in [0.4, 0.5) is 5.82 Å². The van der Waals surface area contributed by atoms with Crippen LogP contribution >= 0.6 is 0 Å². The van der Waals surface area contributed by atoms with E-state index in [9.17, 15) is 19.5 Å². The molecule has 2 saturated heterocycles. The van der Waals surface area contributed by atoms with Crippen molar-refractivity contribution in [1.29, 1.82) is 0 Å². The Kier molecular flexibility index (Phi) is 5.65. The number of likely N-dealkylation sites (tertiary alicyclic amines) is 1. The van der Waals surface area contributed by atoms with Gasteiger partial charge in [-0.2, -0.15) is 4.98 Å². The van der Waals surface area contributed by atoms with Gasteiger partial charge in [-0.1, -0.05) is 0 Å². The summed E-state index contributed by atoms with van der Waals surface area (Å²) in [5.41, 5.74) is 8.58. The number of nitrogens with two attached hydrogens (primary N) is 2. The maximum atomic E-state index is 12.3. The SMILES string of the molecule is C[C@@]1(O)CC2(CCN(C(=O)C[C@H](N)C(=O)O)CC2)OC[C@H]1n1ccc(N)nc1=O. The lowest BCUT2D eigenvalue weighted by atomic mass is 9.75. The average molecular weight is 409 g/mol. The van der Waals surface area contributed by atoms with Gasteiger partial charge in [0, 0.05) is 25.7 Å². The van der Waals surface area contributed by atoms with Gasteiger partial charge in [-0.3, -0.25) is 14.2 Å². The lowest BCUT2D eigenvalue weighted by Crippen LogP contribution is -2.59. The summed E-state index contributed by atoms with van der Waals surface area (Å²) in [6, 6.07) is -0.340. The Labute approximate surface area is 167 Å². The van der Waals surface area contributed by atoms with Crippen LogP contribution in [0.15, 0.2) is 17.1 Å². The lowest BCUT2D eigenvalue weighted by molar-refractivity contribution is -0.198. The largest absolute Gasteiger partial charge is 0.480 e. The second kappa shape index (κ2) is 7.73. The number of nitrogen functional groups attached to an aromatic ring is 1. The maximum Gasteiger partial charge on any atom is 0.349 e. The van der Waals surface area contributed by atoms with Crippen molar-refractivity contribution >= 4 is 17.7 Å². The molecule has 2 fully saturated rings. The number of carbonyl (C=O) groups is 2. The molecular weight excluding hydrogens is 382 g/mol. The van der Waals surface area contributed by atoms with Crippen LogP contribution in [0.2, 0.25) is 0 Å². The van der Waals surface area contributed by atoms with Crippen LogP contribution in [0.3, 0.4) is 0 Å². The first kappa shape index (κ1) is 21.2. The van der Waals surface area contributed by atoms with Crippen molar-refractivity contribution in [2.75, 3.05) is 25.4 Å². The fourth-order valence-electron chi connectivity index (χ4n) is 4.19. The number of piperidine rings is 1. The number of aliphatic carboxylic acids is 1.